The first-order chi connectivity index (χ1) is 15.1. The number of rotatable bonds is 3. The lowest BCUT2D eigenvalue weighted by atomic mass is 10.2. The molecule has 156 valence electrons. The van der Waals surface area contributed by atoms with Crippen LogP contribution in [0.1, 0.15) is 20.9 Å². The highest BCUT2D eigenvalue weighted by Crippen LogP contribution is 2.23. The van der Waals surface area contributed by atoms with Crippen LogP contribution in [-0.2, 0) is 0 Å². The van der Waals surface area contributed by atoms with Crippen LogP contribution in [0.5, 0.6) is 0 Å². The third kappa shape index (κ3) is 3.42. The Balaban J connectivity index is 1.39. The van der Waals surface area contributed by atoms with E-state index in [-0.39, 0.29) is 28.7 Å². The van der Waals surface area contributed by atoms with Crippen molar-refractivity contribution in [2.75, 3.05) is 26.2 Å². The number of carbonyl (C=O) groups is 2. The van der Waals surface area contributed by atoms with E-state index in [1.807, 2.05) is 35.7 Å². The van der Waals surface area contributed by atoms with Gasteiger partial charge in [0.1, 0.15) is 5.56 Å². The monoisotopic (exact) mass is 434 g/mol. The minimum Gasteiger partial charge on any atom is -0.459 e. The summed E-state index contributed by atoms with van der Waals surface area (Å²) < 4.78 is 6.66. The normalized spacial score (nSPS) is 14.2. The largest absolute Gasteiger partial charge is 0.459 e. The second kappa shape index (κ2) is 7.84. The molecule has 1 fully saturated rings. The van der Waals surface area contributed by atoms with Crippen molar-refractivity contribution in [3.05, 3.63) is 82.0 Å². The van der Waals surface area contributed by atoms with Gasteiger partial charge in [0.2, 0.25) is 0 Å². The molecular formula is C22H18N4O4S. The molecule has 0 N–H and O–H groups in total. The van der Waals surface area contributed by atoms with Crippen molar-refractivity contribution in [3.63, 3.8) is 0 Å². The van der Waals surface area contributed by atoms with Gasteiger partial charge in [-0.05, 0) is 17.7 Å². The van der Waals surface area contributed by atoms with Crippen molar-refractivity contribution in [1.29, 1.82) is 0 Å². The van der Waals surface area contributed by atoms with Gasteiger partial charge in [-0.25, -0.2) is 4.98 Å². The number of benzene rings is 1. The van der Waals surface area contributed by atoms with E-state index >= 15 is 0 Å². The Hall–Kier alpha value is -3.72. The molecule has 0 aliphatic carbocycles. The van der Waals surface area contributed by atoms with Crippen LogP contribution in [0.15, 0.2) is 69.5 Å². The number of hydrogen-bond donors (Lipinski definition) is 0. The lowest BCUT2D eigenvalue weighted by Crippen LogP contribution is -2.51. The molecule has 0 bridgehead atoms. The quantitative estimate of drug-likeness (QED) is 0.495. The Morgan fingerprint density at radius 1 is 0.935 bits per heavy atom. The highest BCUT2D eigenvalue weighted by atomic mass is 32.1. The number of furan rings is 1. The molecule has 1 aliphatic heterocycles. The highest BCUT2D eigenvalue weighted by molar-refractivity contribution is 7.15. The summed E-state index contributed by atoms with van der Waals surface area (Å²) in [5, 5.41) is 1.87. The molecule has 5 rings (SSSR count). The lowest BCUT2D eigenvalue weighted by molar-refractivity contribution is 0.0517. The molecule has 4 aromatic rings. The second-order valence-electron chi connectivity index (χ2n) is 7.14. The Morgan fingerprint density at radius 2 is 1.65 bits per heavy atom. The summed E-state index contributed by atoms with van der Waals surface area (Å²) in [6.07, 6.45) is 2.81. The predicted molar refractivity (Wildman–Crippen MR) is 115 cm³/mol. The van der Waals surface area contributed by atoms with Gasteiger partial charge < -0.3 is 14.2 Å². The summed E-state index contributed by atoms with van der Waals surface area (Å²) in [5.74, 6) is -0.299. The van der Waals surface area contributed by atoms with Crippen LogP contribution in [0.3, 0.4) is 0 Å². The van der Waals surface area contributed by atoms with E-state index in [0.717, 1.165) is 5.56 Å². The molecule has 0 unspecified atom stereocenters. The van der Waals surface area contributed by atoms with E-state index in [1.165, 1.54) is 28.2 Å². The zero-order chi connectivity index (χ0) is 21.4. The van der Waals surface area contributed by atoms with Crippen molar-refractivity contribution in [2.45, 2.75) is 0 Å². The average molecular weight is 434 g/mol. The number of hydrogen-bond acceptors (Lipinski definition) is 6. The van der Waals surface area contributed by atoms with Gasteiger partial charge in [-0.3, -0.25) is 18.8 Å². The van der Waals surface area contributed by atoms with Gasteiger partial charge in [0.05, 0.1) is 12.0 Å². The number of amides is 2. The first-order valence-corrected chi connectivity index (χ1v) is 10.7. The zero-order valence-corrected chi connectivity index (χ0v) is 17.2. The highest BCUT2D eigenvalue weighted by Gasteiger charge is 2.28. The number of aromatic nitrogens is 2. The maximum atomic E-state index is 13.2. The summed E-state index contributed by atoms with van der Waals surface area (Å²) in [5.41, 5.74) is 1.23. The van der Waals surface area contributed by atoms with Crippen molar-refractivity contribution in [3.8, 4) is 11.3 Å². The Kier molecular flexibility index (Phi) is 4.87. The fourth-order valence-electron chi connectivity index (χ4n) is 3.69. The van der Waals surface area contributed by atoms with Crippen molar-refractivity contribution in [2.24, 2.45) is 0 Å². The van der Waals surface area contributed by atoms with Gasteiger partial charge in [-0.1, -0.05) is 30.3 Å². The molecule has 0 saturated carbocycles. The predicted octanol–water partition coefficient (Wildman–Crippen LogP) is 2.61. The minimum absolute atomic E-state index is 0.0268. The van der Waals surface area contributed by atoms with E-state index in [9.17, 15) is 14.4 Å². The topological polar surface area (TPSA) is 88.1 Å². The second-order valence-corrected chi connectivity index (χ2v) is 7.98. The molecule has 0 radical (unpaired) electrons. The molecule has 8 nitrogen and oxygen atoms in total. The Bertz CT molecular complexity index is 1300. The molecule has 1 saturated heterocycles. The van der Waals surface area contributed by atoms with E-state index in [0.29, 0.717) is 36.8 Å². The molecule has 1 aliphatic rings. The summed E-state index contributed by atoms with van der Waals surface area (Å²) in [6.45, 7) is 1.41. The number of nitrogens with zero attached hydrogens (tertiary/aromatic N) is 4. The van der Waals surface area contributed by atoms with Gasteiger partial charge in [0, 0.05) is 37.8 Å². The maximum absolute atomic E-state index is 13.2. The van der Waals surface area contributed by atoms with Gasteiger partial charge in [-0.15, -0.1) is 11.3 Å². The smallest absolute Gasteiger partial charge is 0.289 e. The molecule has 0 atom stereocenters. The van der Waals surface area contributed by atoms with Crippen molar-refractivity contribution >= 4 is 28.1 Å². The molecule has 2 amide bonds. The molecule has 1 aromatic carbocycles. The third-order valence-corrected chi connectivity index (χ3v) is 6.17. The number of carbonyl (C=O) groups excluding carboxylic acids is 2. The van der Waals surface area contributed by atoms with Crippen molar-refractivity contribution < 1.29 is 14.0 Å². The molecular weight excluding hydrogens is 416 g/mol. The number of piperazine rings is 1. The zero-order valence-electron chi connectivity index (χ0n) is 16.4. The molecule has 0 spiro atoms. The van der Waals surface area contributed by atoms with Gasteiger partial charge in [-0.2, -0.15) is 0 Å². The van der Waals surface area contributed by atoms with E-state index < -0.39 is 0 Å². The van der Waals surface area contributed by atoms with Gasteiger partial charge in [0.25, 0.3) is 17.4 Å². The summed E-state index contributed by atoms with van der Waals surface area (Å²) in [4.78, 5) is 46.8. The fraction of sp³-hybridized carbons (Fsp3) is 0.182. The van der Waals surface area contributed by atoms with Gasteiger partial charge >= 0.3 is 0 Å². The maximum Gasteiger partial charge on any atom is 0.289 e. The first kappa shape index (κ1) is 19.3. The Morgan fingerprint density at radius 3 is 2.32 bits per heavy atom. The van der Waals surface area contributed by atoms with Crippen LogP contribution in [-0.4, -0.2) is 57.2 Å². The third-order valence-electron chi connectivity index (χ3n) is 5.33. The van der Waals surface area contributed by atoms with Crippen LogP contribution >= 0.6 is 11.3 Å². The fourth-order valence-corrected chi connectivity index (χ4v) is 4.55. The SMILES string of the molecule is O=C(c1ccco1)N1CCN(C(=O)c2cnc3scc(-c4ccccc4)n3c2=O)CC1. The summed E-state index contributed by atoms with van der Waals surface area (Å²) in [7, 11) is 0. The van der Waals surface area contributed by atoms with Gasteiger partial charge in [0.15, 0.2) is 10.7 Å². The first-order valence-electron chi connectivity index (χ1n) is 9.80. The van der Waals surface area contributed by atoms with Crippen LogP contribution in [0.25, 0.3) is 16.2 Å². The van der Waals surface area contributed by atoms with Crippen LogP contribution in [0.4, 0.5) is 0 Å². The minimum atomic E-state index is -0.385. The summed E-state index contributed by atoms with van der Waals surface area (Å²) in [6, 6.07) is 12.8. The Labute approximate surface area is 181 Å². The molecule has 3 aromatic heterocycles. The molecule has 31 heavy (non-hydrogen) atoms. The van der Waals surface area contributed by atoms with E-state index in [2.05, 4.69) is 4.98 Å². The summed E-state index contributed by atoms with van der Waals surface area (Å²) >= 11 is 1.35. The van der Waals surface area contributed by atoms with Crippen LogP contribution in [0, 0.1) is 0 Å². The van der Waals surface area contributed by atoms with Crippen LogP contribution in [0.2, 0.25) is 0 Å². The molecule has 9 heteroatoms. The number of fused-ring (bicyclic) bond motifs is 1. The number of thiazole rings is 1. The van der Waals surface area contributed by atoms with Crippen molar-refractivity contribution in [1.82, 2.24) is 19.2 Å². The van der Waals surface area contributed by atoms with E-state index in [4.69, 9.17) is 4.42 Å². The van der Waals surface area contributed by atoms with E-state index in [1.54, 1.807) is 21.9 Å². The lowest BCUT2D eigenvalue weighted by Gasteiger charge is -2.34. The molecule has 4 heterocycles. The average Bonchev–Trinajstić information content (AvgIpc) is 3.50. The standard InChI is InChI=1S/C22H18N4O4S/c27-19(24-8-10-25(11-9-24)21(29)18-7-4-12-30-18)16-13-23-22-26(20(16)28)17(14-31-22)15-5-2-1-3-6-15/h1-7,12-14H,8-11H2. The van der Waals surface area contributed by atoms with Crippen LogP contribution < -0.4 is 5.56 Å².